The Balaban J connectivity index is 1.37. The molecule has 3 fully saturated rings. The number of carbonyl (C=O) groups is 2. The molecule has 8 nitrogen and oxygen atoms in total. The van der Waals surface area contributed by atoms with Crippen LogP contribution in [0.25, 0.3) is 0 Å². The van der Waals surface area contributed by atoms with Crippen molar-refractivity contribution in [2.75, 3.05) is 42.5 Å². The molecular formula is C20H24FN5O3. The number of hydrogen-bond acceptors (Lipinski definition) is 6. The van der Waals surface area contributed by atoms with Gasteiger partial charge in [-0.1, -0.05) is 0 Å². The van der Waals surface area contributed by atoms with Gasteiger partial charge in [0.25, 0.3) is 0 Å². The van der Waals surface area contributed by atoms with Crippen molar-refractivity contribution in [2.45, 2.75) is 38.0 Å². The third-order valence-electron chi connectivity index (χ3n) is 5.77. The quantitative estimate of drug-likeness (QED) is 0.752. The molecule has 0 bridgehead atoms. The number of nitrogens with zero attached hydrogens (tertiary/aromatic N) is 4. The van der Waals surface area contributed by atoms with Crippen molar-refractivity contribution < 1.29 is 18.7 Å². The number of piperidine rings is 1. The molecule has 29 heavy (non-hydrogen) atoms. The third-order valence-corrected chi connectivity index (χ3v) is 5.77. The number of rotatable bonds is 5. The number of anilines is 2. The number of amides is 2. The average molecular weight is 401 g/mol. The number of ether oxygens (including phenoxy) is 1. The van der Waals surface area contributed by atoms with Gasteiger partial charge in [-0.25, -0.2) is 9.18 Å². The third kappa shape index (κ3) is 4.12. The van der Waals surface area contributed by atoms with Gasteiger partial charge >= 0.3 is 6.09 Å². The monoisotopic (exact) mass is 401 g/mol. The number of carbonyl (C=O) groups excluding carboxylic acids is 2. The number of cyclic esters (lactones) is 1. The molecule has 1 N–H and O–H groups in total. The molecule has 154 valence electrons. The van der Waals surface area contributed by atoms with E-state index in [0.29, 0.717) is 17.4 Å². The molecule has 2 amide bonds. The van der Waals surface area contributed by atoms with E-state index >= 15 is 0 Å². The number of halogens is 1. The molecule has 1 aromatic carbocycles. The summed E-state index contributed by atoms with van der Waals surface area (Å²) >= 11 is 0. The molecule has 4 rings (SSSR count). The summed E-state index contributed by atoms with van der Waals surface area (Å²) in [6.07, 6.45) is 0.812. The summed E-state index contributed by atoms with van der Waals surface area (Å²) in [5.41, 5.74) is 0.967. The normalized spacial score (nSPS) is 26.8. The highest BCUT2D eigenvalue weighted by atomic mass is 19.1. The lowest BCUT2D eigenvalue weighted by Gasteiger charge is -2.34. The van der Waals surface area contributed by atoms with Gasteiger partial charge in [-0.3, -0.25) is 14.6 Å². The second kappa shape index (κ2) is 7.87. The average Bonchev–Trinajstić information content (AvgIpc) is 3.41. The summed E-state index contributed by atoms with van der Waals surface area (Å²) in [5, 5.41) is 11.6. The fraction of sp³-hybridized carbons (Fsp3) is 0.550. The van der Waals surface area contributed by atoms with Crippen LogP contribution in [0.4, 0.5) is 20.6 Å². The van der Waals surface area contributed by atoms with E-state index in [4.69, 9.17) is 10.00 Å². The van der Waals surface area contributed by atoms with Crippen LogP contribution in [-0.2, 0) is 9.53 Å². The van der Waals surface area contributed by atoms with E-state index < -0.39 is 12.2 Å². The lowest BCUT2D eigenvalue weighted by molar-refractivity contribution is -0.119. The predicted molar refractivity (Wildman–Crippen MR) is 104 cm³/mol. The highest BCUT2D eigenvalue weighted by molar-refractivity contribution is 5.90. The zero-order valence-corrected chi connectivity index (χ0v) is 16.3. The molecule has 3 heterocycles. The Labute approximate surface area is 168 Å². The standard InChI is InChI=1S/C20H24FN5O3/c1-13(27)23-10-17-12-26(20(28)29-17)15-2-3-19(18(21)8-15)24-6-4-14(5-7-24)25-11-16(25)9-22/h2-3,8,14,16-17H,4-7,10-12H2,1H3,(H,23,27). The van der Waals surface area contributed by atoms with Crippen molar-refractivity contribution in [1.29, 1.82) is 5.26 Å². The summed E-state index contributed by atoms with van der Waals surface area (Å²) in [4.78, 5) is 28.7. The first-order chi connectivity index (χ1) is 14.0. The van der Waals surface area contributed by atoms with Crippen LogP contribution >= 0.6 is 0 Å². The maximum Gasteiger partial charge on any atom is 0.414 e. The Morgan fingerprint density at radius 1 is 1.34 bits per heavy atom. The van der Waals surface area contributed by atoms with E-state index in [1.165, 1.54) is 17.9 Å². The summed E-state index contributed by atoms with van der Waals surface area (Å²) in [7, 11) is 0. The van der Waals surface area contributed by atoms with E-state index in [1.807, 2.05) is 4.90 Å². The summed E-state index contributed by atoms with van der Waals surface area (Å²) in [6.45, 7) is 4.21. The minimum atomic E-state index is -0.543. The molecular weight excluding hydrogens is 377 g/mol. The fourth-order valence-corrected chi connectivity index (χ4v) is 4.13. The minimum absolute atomic E-state index is 0.0530. The van der Waals surface area contributed by atoms with E-state index in [1.54, 1.807) is 12.1 Å². The van der Waals surface area contributed by atoms with Crippen LogP contribution < -0.4 is 15.1 Å². The summed E-state index contributed by atoms with van der Waals surface area (Å²) in [6, 6.07) is 7.52. The van der Waals surface area contributed by atoms with Gasteiger partial charge in [0.2, 0.25) is 5.91 Å². The van der Waals surface area contributed by atoms with Gasteiger partial charge in [-0.15, -0.1) is 0 Å². The van der Waals surface area contributed by atoms with Crippen molar-refractivity contribution >= 4 is 23.4 Å². The molecule has 3 aliphatic rings. The first-order valence-electron chi connectivity index (χ1n) is 9.88. The van der Waals surface area contributed by atoms with E-state index in [0.717, 1.165) is 32.5 Å². The molecule has 0 saturated carbocycles. The zero-order chi connectivity index (χ0) is 20.5. The molecule has 1 aromatic rings. The minimum Gasteiger partial charge on any atom is -0.442 e. The van der Waals surface area contributed by atoms with Gasteiger partial charge in [0, 0.05) is 32.6 Å². The molecule has 3 unspecified atom stereocenters. The van der Waals surface area contributed by atoms with Gasteiger partial charge in [-0.2, -0.15) is 5.26 Å². The smallest absolute Gasteiger partial charge is 0.414 e. The first-order valence-corrected chi connectivity index (χ1v) is 9.88. The van der Waals surface area contributed by atoms with Crippen molar-refractivity contribution in [3.8, 4) is 6.07 Å². The predicted octanol–water partition coefficient (Wildman–Crippen LogP) is 1.46. The van der Waals surface area contributed by atoms with Crippen molar-refractivity contribution in [1.82, 2.24) is 10.2 Å². The lowest BCUT2D eigenvalue weighted by Crippen LogP contribution is -2.40. The van der Waals surface area contributed by atoms with Crippen LogP contribution in [0, 0.1) is 17.1 Å². The Hall–Kier alpha value is -2.86. The van der Waals surface area contributed by atoms with Gasteiger partial charge in [-0.05, 0) is 31.0 Å². The molecule has 0 aromatic heterocycles. The van der Waals surface area contributed by atoms with Crippen molar-refractivity contribution in [3.63, 3.8) is 0 Å². The number of nitriles is 1. The Morgan fingerprint density at radius 3 is 2.72 bits per heavy atom. The number of hydrogen-bond donors (Lipinski definition) is 1. The van der Waals surface area contributed by atoms with Crippen molar-refractivity contribution in [3.05, 3.63) is 24.0 Å². The van der Waals surface area contributed by atoms with Crippen LogP contribution in [0.15, 0.2) is 18.2 Å². The van der Waals surface area contributed by atoms with Crippen molar-refractivity contribution in [2.24, 2.45) is 0 Å². The molecule has 0 aliphatic carbocycles. The maximum atomic E-state index is 14.8. The van der Waals surface area contributed by atoms with Gasteiger partial charge < -0.3 is 15.0 Å². The van der Waals surface area contributed by atoms with Crippen LogP contribution in [0.5, 0.6) is 0 Å². The molecule has 0 spiro atoms. The highest BCUT2D eigenvalue weighted by Crippen LogP contribution is 2.32. The van der Waals surface area contributed by atoms with E-state index in [9.17, 15) is 14.0 Å². The fourth-order valence-electron chi connectivity index (χ4n) is 4.13. The second-order valence-electron chi connectivity index (χ2n) is 7.75. The van der Waals surface area contributed by atoms with E-state index in [-0.39, 0.29) is 30.9 Å². The van der Waals surface area contributed by atoms with Crippen LogP contribution in [0.1, 0.15) is 19.8 Å². The molecule has 0 radical (unpaired) electrons. The van der Waals surface area contributed by atoms with Gasteiger partial charge in [0.15, 0.2) is 0 Å². The van der Waals surface area contributed by atoms with Crippen LogP contribution in [0.2, 0.25) is 0 Å². The maximum absolute atomic E-state index is 14.8. The van der Waals surface area contributed by atoms with Gasteiger partial charge in [0.05, 0.1) is 30.5 Å². The topological polar surface area (TPSA) is 88.7 Å². The largest absolute Gasteiger partial charge is 0.442 e. The van der Waals surface area contributed by atoms with Gasteiger partial charge in [0.1, 0.15) is 18.0 Å². The molecule has 3 atom stereocenters. The Kier molecular flexibility index (Phi) is 5.28. The second-order valence-corrected chi connectivity index (χ2v) is 7.75. The number of benzene rings is 1. The van der Waals surface area contributed by atoms with E-state index in [2.05, 4.69) is 16.3 Å². The number of nitrogens with one attached hydrogen (secondary N) is 1. The molecule has 3 aliphatic heterocycles. The Bertz CT molecular complexity index is 849. The summed E-state index contributed by atoms with van der Waals surface area (Å²) < 4.78 is 20.1. The molecule has 3 saturated heterocycles. The zero-order valence-electron chi connectivity index (χ0n) is 16.3. The Morgan fingerprint density at radius 2 is 2.10 bits per heavy atom. The van der Waals surface area contributed by atoms with Crippen LogP contribution in [0.3, 0.4) is 0 Å². The molecule has 9 heteroatoms. The lowest BCUT2D eigenvalue weighted by atomic mass is 10.0. The summed E-state index contributed by atoms with van der Waals surface area (Å²) in [5.74, 6) is -0.569. The highest BCUT2D eigenvalue weighted by Gasteiger charge is 2.41. The van der Waals surface area contributed by atoms with Crippen LogP contribution in [-0.4, -0.2) is 67.8 Å². The SMILES string of the molecule is CC(=O)NCC1CN(c2ccc(N3CCC(N4CC4C#N)CC3)c(F)c2)C(=O)O1. The first kappa shape index (κ1) is 19.5.